The van der Waals surface area contributed by atoms with Gasteiger partial charge in [-0.15, -0.1) is 0 Å². The molecule has 2 rings (SSSR count). The Morgan fingerprint density at radius 3 is 2.46 bits per heavy atom. The maximum Gasteiger partial charge on any atom is 0.287 e. The minimum Gasteiger partial charge on any atom is -0.481 e. The van der Waals surface area contributed by atoms with E-state index >= 15 is 0 Å². The number of hydrazine groups is 1. The number of nitrogens with one attached hydrogen (secondary N) is 3. The zero-order valence-corrected chi connectivity index (χ0v) is 15.1. The molecule has 0 saturated carbocycles. The first kappa shape index (κ1) is 19.4. The summed E-state index contributed by atoms with van der Waals surface area (Å²) in [5, 5.41) is 2.33. The number of hydrogen-bond donors (Lipinski definition) is 3. The van der Waals surface area contributed by atoms with Crippen molar-refractivity contribution < 1.29 is 27.9 Å². The van der Waals surface area contributed by atoms with Crippen LogP contribution < -0.4 is 20.9 Å². The SMILES string of the molecule is C[C@@H](Oc1ccc(F)cc1)C(=O)NNC(=O)CNC(=O)c1ccc(Br)o1. The molecule has 3 amide bonds. The van der Waals surface area contributed by atoms with Crippen LogP contribution in [0.15, 0.2) is 45.5 Å². The number of carbonyl (C=O) groups excluding carboxylic acids is 3. The van der Waals surface area contributed by atoms with Crippen LogP contribution in [0.3, 0.4) is 0 Å². The van der Waals surface area contributed by atoms with Gasteiger partial charge in [-0.05, 0) is 59.3 Å². The summed E-state index contributed by atoms with van der Waals surface area (Å²) in [6.45, 7) is 1.09. The average molecular weight is 428 g/mol. The van der Waals surface area contributed by atoms with E-state index in [1.165, 1.54) is 43.3 Å². The summed E-state index contributed by atoms with van der Waals surface area (Å²) >= 11 is 3.06. The van der Waals surface area contributed by atoms with E-state index in [0.717, 1.165) is 0 Å². The van der Waals surface area contributed by atoms with Crippen molar-refractivity contribution in [3.63, 3.8) is 0 Å². The Morgan fingerprint density at radius 2 is 1.85 bits per heavy atom. The zero-order valence-electron chi connectivity index (χ0n) is 13.5. The molecule has 0 aliphatic carbocycles. The van der Waals surface area contributed by atoms with Crippen molar-refractivity contribution >= 4 is 33.7 Å². The van der Waals surface area contributed by atoms with Crippen LogP contribution in [-0.2, 0) is 9.59 Å². The molecule has 138 valence electrons. The molecule has 1 heterocycles. The molecule has 0 unspecified atom stereocenters. The molecule has 1 aromatic heterocycles. The van der Waals surface area contributed by atoms with Gasteiger partial charge in [0.15, 0.2) is 16.5 Å². The molecule has 2 aromatic rings. The Hall–Kier alpha value is -2.88. The van der Waals surface area contributed by atoms with Crippen LogP contribution in [0.2, 0.25) is 0 Å². The summed E-state index contributed by atoms with van der Waals surface area (Å²) < 4.78 is 23.5. The molecule has 26 heavy (non-hydrogen) atoms. The van der Waals surface area contributed by atoms with E-state index in [4.69, 9.17) is 9.15 Å². The number of hydrogen-bond acceptors (Lipinski definition) is 5. The smallest absolute Gasteiger partial charge is 0.287 e. The molecule has 0 spiro atoms. The second-order valence-electron chi connectivity index (χ2n) is 5.04. The molecule has 0 saturated heterocycles. The molecule has 1 atom stereocenters. The summed E-state index contributed by atoms with van der Waals surface area (Å²) in [5.41, 5.74) is 4.30. The third kappa shape index (κ3) is 5.88. The minimum atomic E-state index is -0.934. The van der Waals surface area contributed by atoms with E-state index in [9.17, 15) is 18.8 Å². The number of ether oxygens (including phenoxy) is 1. The maximum absolute atomic E-state index is 12.8. The third-order valence-corrected chi connectivity index (χ3v) is 3.45. The minimum absolute atomic E-state index is 0.0371. The van der Waals surface area contributed by atoms with Crippen LogP contribution in [0.4, 0.5) is 4.39 Å². The Balaban J connectivity index is 1.71. The Morgan fingerprint density at radius 1 is 1.15 bits per heavy atom. The number of amides is 3. The first-order valence-corrected chi connectivity index (χ1v) is 8.19. The van der Waals surface area contributed by atoms with E-state index in [2.05, 4.69) is 32.1 Å². The molecule has 0 fully saturated rings. The fourth-order valence-electron chi connectivity index (χ4n) is 1.73. The van der Waals surface area contributed by atoms with E-state index in [1.807, 2.05) is 0 Å². The van der Waals surface area contributed by atoms with Crippen molar-refractivity contribution in [3.8, 4) is 5.75 Å². The molecular formula is C16H15BrFN3O5. The van der Waals surface area contributed by atoms with Gasteiger partial charge in [0.25, 0.3) is 17.7 Å². The fraction of sp³-hybridized carbons (Fsp3) is 0.188. The highest BCUT2D eigenvalue weighted by atomic mass is 79.9. The van der Waals surface area contributed by atoms with Crippen LogP contribution in [0, 0.1) is 5.82 Å². The molecule has 10 heteroatoms. The molecule has 0 bridgehead atoms. The second kappa shape index (κ2) is 8.99. The Bertz CT molecular complexity index is 793. The van der Waals surface area contributed by atoms with Crippen molar-refractivity contribution in [3.05, 3.63) is 52.6 Å². The zero-order chi connectivity index (χ0) is 19.1. The number of benzene rings is 1. The van der Waals surface area contributed by atoms with Crippen LogP contribution in [-0.4, -0.2) is 30.4 Å². The lowest BCUT2D eigenvalue weighted by molar-refractivity contribution is -0.132. The molecule has 8 nitrogen and oxygen atoms in total. The van der Waals surface area contributed by atoms with Gasteiger partial charge in [0.2, 0.25) is 0 Å². The van der Waals surface area contributed by atoms with Crippen LogP contribution in [0.5, 0.6) is 5.75 Å². The normalized spacial score (nSPS) is 11.3. The molecule has 3 N–H and O–H groups in total. The lowest BCUT2D eigenvalue weighted by Gasteiger charge is -2.15. The summed E-state index contributed by atoms with van der Waals surface area (Å²) in [5.74, 6) is -1.93. The van der Waals surface area contributed by atoms with Crippen LogP contribution in [0.25, 0.3) is 0 Å². The van der Waals surface area contributed by atoms with E-state index < -0.39 is 29.6 Å². The summed E-state index contributed by atoms with van der Waals surface area (Å²) in [6.07, 6.45) is -0.934. The standard InChI is InChI=1S/C16H15BrFN3O5/c1-9(25-11-4-2-10(18)3-5-11)15(23)21-20-14(22)8-19-16(24)12-6-7-13(17)26-12/h2-7,9H,8H2,1H3,(H,19,24)(H,20,22)(H,21,23)/t9-/m1/s1. The summed E-state index contributed by atoms with van der Waals surface area (Å²) in [4.78, 5) is 35.2. The monoisotopic (exact) mass is 427 g/mol. The van der Waals surface area contributed by atoms with Gasteiger partial charge in [0, 0.05) is 0 Å². The van der Waals surface area contributed by atoms with Crippen molar-refractivity contribution in [2.45, 2.75) is 13.0 Å². The van der Waals surface area contributed by atoms with Gasteiger partial charge in [0.05, 0.1) is 6.54 Å². The maximum atomic E-state index is 12.8. The van der Waals surface area contributed by atoms with Gasteiger partial charge in [0.1, 0.15) is 11.6 Å². The van der Waals surface area contributed by atoms with Gasteiger partial charge >= 0.3 is 0 Å². The Kier molecular flexibility index (Phi) is 6.73. The van der Waals surface area contributed by atoms with Crippen LogP contribution >= 0.6 is 15.9 Å². The highest BCUT2D eigenvalue weighted by Crippen LogP contribution is 2.14. The first-order valence-electron chi connectivity index (χ1n) is 7.39. The summed E-state index contributed by atoms with van der Waals surface area (Å²) in [7, 11) is 0. The molecule has 0 radical (unpaired) electrons. The largest absolute Gasteiger partial charge is 0.481 e. The van der Waals surface area contributed by atoms with Gasteiger partial charge in [-0.2, -0.15) is 0 Å². The van der Waals surface area contributed by atoms with Gasteiger partial charge in [-0.3, -0.25) is 25.2 Å². The van der Waals surface area contributed by atoms with Crippen LogP contribution in [0.1, 0.15) is 17.5 Å². The van der Waals surface area contributed by atoms with Gasteiger partial charge in [-0.1, -0.05) is 0 Å². The van der Waals surface area contributed by atoms with Crippen molar-refractivity contribution in [2.75, 3.05) is 6.54 Å². The Labute approximate surface area is 156 Å². The predicted molar refractivity (Wildman–Crippen MR) is 91.5 cm³/mol. The summed E-state index contributed by atoms with van der Waals surface area (Å²) in [6, 6.07) is 8.12. The second-order valence-corrected chi connectivity index (χ2v) is 5.82. The molecular weight excluding hydrogens is 413 g/mol. The molecule has 1 aromatic carbocycles. The lowest BCUT2D eigenvalue weighted by atomic mass is 10.3. The highest BCUT2D eigenvalue weighted by molar-refractivity contribution is 9.10. The van der Waals surface area contributed by atoms with Crippen molar-refractivity contribution in [1.82, 2.24) is 16.2 Å². The predicted octanol–water partition coefficient (Wildman–Crippen LogP) is 1.53. The number of carbonyl (C=O) groups is 3. The van der Waals surface area contributed by atoms with Crippen molar-refractivity contribution in [1.29, 1.82) is 0 Å². The van der Waals surface area contributed by atoms with Gasteiger partial charge in [-0.25, -0.2) is 4.39 Å². The van der Waals surface area contributed by atoms with E-state index in [1.54, 1.807) is 0 Å². The quantitative estimate of drug-likeness (QED) is 0.605. The average Bonchev–Trinajstić information content (AvgIpc) is 3.06. The van der Waals surface area contributed by atoms with Crippen molar-refractivity contribution in [2.24, 2.45) is 0 Å². The van der Waals surface area contributed by atoms with E-state index in [0.29, 0.717) is 10.4 Å². The first-order chi connectivity index (χ1) is 12.3. The highest BCUT2D eigenvalue weighted by Gasteiger charge is 2.16. The molecule has 0 aliphatic heterocycles. The molecule has 0 aliphatic rings. The fourth-order valence-corrected chi connectivity index (χ4v) is 2.04. The topological polar surface area (TPSA) is 110 Å². The van der Waals surface area contributed by atoms with E-state index in [-0.39, 0.29) is 12.3 Å². The third-order valence-electron chi connectivity index (χ3n) is 3.03. The number of rotatable bonds is 6. The van der Waals surface area contributed by atoms with Gasteiger partial charge < -0.3 is 14.5 Å². The number of halogens is 2. The number of furan rings is 1. The lowest BCUT2D eigenvalue weighted by Crippen LogP contribution is -2.50.